The number of hydrogen-bond donors (Lipinski definition) is 3. The number of nitrogens with zero attached hydrogens (tertiary/aromatic N) is 1. The standard InChI is InChI=1S/C17H17N3O3/c1-12-6-8-14(9-7-12)18-11-16(21)20-19-10-13-4-2-3-5-15(13)17(22)23/h2-10,18H,11H2,1H3,(H,20,21)(H,22,23). The van der Waals surface area contributed by atoms with Gasteiger partial charge in [0.25, 0.3) is 5.91 Å². The van der Waals surface area contributed by atoms with Gasteiger partial charge in [0.2, 0.25) is 0 Å². The summed E-state index contributed by atoms with van der Waals surface area (Å²) >= 11 is 0. The minimum Gasteiger partial charge on any atom is -0.478 e. The number of carboxylic acid groups (broad SMARTS) is 1. The second-order valence-electron chi connectivity index (χ2n) is 4.91. The number of carbonyl (C=O) groups excluding carboxylic acids is 1. The fourth-order valence-electron chi connectivity index (χ4n) is 1.87. The molecule has 1 amide bonds. The van der Waals surface area contributed by atoms with Crippen LogP contribution in [0.5, 0.6) is 0 Å². The van der Waals surface area contributed by atoms with Crippen LogP contribution in [0.3, 0.4) is 0 Å². The Labute approximate surface area is 133 Å². The van der Waals surface area contributed by atoms with E-state index in [1.54, 1.807) is 18.2 Å². The number of hydrazone groups is 1. The van der Waals surface area contributed by atoms with Crippen LogP contribution in [0.1, 0.15) is 21.5 Å². The number of rotatable bonds is 6. The lowest BCUT2D eigenvalue weighted by atomic mass is 10.1. The Hall–Kier alpha value is -3.15. The molecule has 3 N–H and O–H groups in total. The van der Waals surface area contributed by atoms with Crippen molar-refractivity contribution in [3.63, 3.8) is 0 Å². The molecule has 0 unspecified atom stereocenters. The number of amides is 1. The average molecular weight is 311 g/mol. The third kappa shape index (κ3) is 4.96. The van der Waals surface area contributed by atoms with E-state index in [-0.39, 0.29) is 18.0 Å². The number of aryl methyl sites for hydroxylation is 1. The normalized spacial score (nSPS) is 10.5. The van der Waals surface area contributed by atoms with Gasteiger partial charge in [-0.3, -0.25) is 4.79 Å². The Morgan fingerprint density at radius 2 is 1.83 bits per heavy atom. The zero-order chi connectivity index (χ0) is 16.7. The number of carbonyl (C=O) groups is 2. The highest BCUT2D eigenvalue weighted by Gasteiger charge is 2.06. The summed E-state index contributed by atoms with van der Waals surface area (Å²) in [5.74, 6) is -1.37. The summed E-state index contributed by atoms with van der Waals surface area (Å²) in [6.45, 7) is 2.06. The van der Waals surface area contributed by atoms with Crippen LogP contribution in [0.4, 0.5) is 5.69 Å². The maximum Gasteiger partial charge on any atom is 0.336 e. The van der Waals surface area contributed by atoms with Crippen LogP contribution in [0, 0.1) is 6.92 Å². The molecule has 0 spiro atoms. The topological polar surface area (TPSA) is 90.8 Å². The van der Waals surface area contributed by atoms with E-state index >= 15 is 0 Å². The number of nitrogens with one attached hydrogen (secondary N) is 2. The Morgan fingerprint density at radius 3 is 2.52 bits per heavy atom. The van der Waals surface area contributed by atoms with Crippen LogP contribution in [0.2, 0.25) is 0 Å². The van der Waals surface area contributed by atoms with E-state index in [9.17, 15) is 9.59 Å². The van der Waals surface area contributed by atoms with Crippen LogP contribution >= 0.6 is 0 Å². The molecule has 2 aromatic carbocycles. The van der Waals surface area contributed by atoms with Crippen molar-refractivity contribution in [1.82, 2.24) is 5.43 Å². The second-order valence-corrected chi connectivity index (χ2v) is 4.91. The van der Waals surface area contributed by atoms with Gasteiger partial charge in [-0.15, -0.1) is 0 Å². The zero-order valence-electron chi connectivity index (χ0n) is 12.6. The first-order valence-electron chi connectivity index (χ1n) is 7.01. The Kier molecular flexibility index (Phi) is 5.46. The SMILES string of the molecule is Cc1ccc(NCC(=O)NN=Cc2ccccc2C(=O)O)cc1. The van der Waals surface area contributed by atoms with Gasteiger partial charge in [-0.05, 0) is 25.1 Å². The first-order chi connectivity index (χ1) is 11.1. The van der Waals surface area contributed by atoms with Gasteiger partial charge in [0, 0.05) is 11.3 Å². The molecule has 0 atom stereocenters. The predicted molar refractivity (Wildman–Crippen MR) is 88.8 cm³/mol. The molecule has 0 aliphatic heterocycles. The number of carboxylic acids is 1. The van der Waals surface area contributed by atoms with Gasteiger partial charge in [-0.1, -0.05) is 35.9 Å². The highest BCUT2D eigenvalue weighted by molar-refractivity contribution is 5.98. The van der Waals surface area contributed by atoms with Gasteiger partial charge in [0.1, 0.15) is 0 Å². The Balaban J connectivity index is 1.87. The largest absolute Gasteiger partial charge is 0.478 e. The molecule has 6 nitrogen and oxygen atoms in total. The molecule has 23 heavy (non-hydrogen) atoms. The van der Waals surface area contributed by atoms with Gasteiger partial charge < -0.3 is 10.4 Å². The fraction of sp³-hybridized carbons (Fsp3) is 0.118. The van der Waals surface area contributed by atoms with Crippen molar-refractivity contribution in [3.8, 4) is 0 Å². The van der Waals surface area contributed by atoms with Crippen LogP contribution in [-0.4, -0.2) is 29.7 Å². The van der Waals surface area contributed by atoms with E-state index in [1.807, 2.05) is 31.2 Å². The monoisotopic (exact) mass is 311 g/mol. The third-order valence-electron chi connectivity index (χ3n) is 3.09. The molecule has 2 aromatic rings. The highest BCUT2D eigenvalue weighted by Crippen LogP contribution is 2.08. The van der Waals surface area contributed by atoms with Crippen molar-refractivity contribution in [2.75, 3.05) is 11.9 Å². The minimum absolute atomic E-state index is 0.0704. The Morgan fingerprint density at radius 1 is 1.13 bits per heavy atom. The molecule has 6 heteroatoms. The van der Waals surface area contributed by atoms with Gasteiger partial charge in [0.15, 0.2) is 0 Å². The summed E-state index contributed by atoms with van der Waals surface area (Å²) in [6.07, 6.45) is 1.31. The molecule has 0 bridgehead atoms. The minimum atomic E-state index is -1.04. The van der Waals surface area contributed by atoms with E-state index in [4.69, 9.17) is 5.11 Å². The van der Waals surface area contributed by atoms with Crippen molar-refractivity contribution in [2.45, 2.75) is 6.92 Å². The van der Waals surface area contributed by atoms with E-state index in [2.05, 4.69) is 15.8 Å². The van der Waals surface area contributed by atoms with Gasteiger partial charge in [0.05, 0.1) is 18.3 Å². The smallest absolute Gasteiger partial charge is 0.336 e. The van der Waals surface area contributed by atoms with Crippen LogP contribution in [-0.2, 0) is 4.79 Å². The molecule has 0 radical (unpaired) electrons. The molecule has 2 rings (SSSR count). The van der Waals surface area contributed by atoms with Crippen LogP contribution in [0.25, 0.3) is 0 Å². The van der Waals surface area contributed by atoms with Crippen LogP contribution in [0.15, 0.2) is 53.6 Å². The van der Waals surface area contributed by atoms with Crippen molar-refractivity contribution < 1.29 is 14.7 Å². The molecule has 0 saturated carbocycles. The molecular weight excluding hydrogens is 294 g/mol. The molecule has 118 valence electrons. The quantitative estimate of drug-likeness (QED) is 0.564. The first-order valence-corrected chi connectivity index (χ1v) is 7.01. The second kappa shape index (κ2) is 7.74. The number of hydrogen-bond acceptors (Lipinski definition) is 4. The van der Waals surface area contributed by atoms with Gasteiger partial charge in [-0.2, -0.15) is 5.10 Å². The molecule has 0 fully saturated rings. The lowest BCUT2D eigenvalue weighted by Gasteiger charge is -2.05. The summed E-state index contributed by atoms with van der Waals surface area (Å²) < 4.78 is 0. The average Bonchev–Trinajstić information content (AvgIpc) is 2.54. The molecule has 0 saturated heterocycles. The summed E-state index contributed by atoms with van der Waals surface area (Å²) in [5, 5.41) is 15.8. The van der Waals surface area contributed by atoms with E-state index in [0.29, 0.717) is 5.56 Å². The maximum atomic E-state index is 11.7. The predicted octanol–water partition coefficient (Wildman–Crippen LogP) is 2.26. The van der Waals surface area contributed by atoms with E-state index in [0.717, 1.165) is 11.3 Å². The lowest BCUT2D eigenvalue weighted by molar-refractivity contribution is -0.119. The maximum absolute atomic E-state index is 11.7. The summed E-state index contributed by atoms with van der Waals surface area (Å²) in [5.41, 5.74) is 4.88. The summed E-state index contributed by atoms with van der Waals surface area (Å²) in [4.78, 5) is 22.7. The third-order valence-corrected chi connectivity index (χ3v) is 3.09. The van der Waals surface area contributed by atoms with E-state index in [1.165, 1.54) is 12.3 Å². The molecular formula is C17H17N3O3. The number of benzene rings is 2. The van der Waals surface area contributed by atoms with Crippen molar-refractivity contribution >= 4 is 23.8 Å². The zero-order valence-corrected chi connectivity index (χ0v) is 12.6. The molecule has 0 aliphatic carbocycles. The Bertz CT molecular complexity index is 724. The van der Waals surface area contributed by atoms with E-state index < -0.39 is 5.97 Å². The van der Waals surface area contributed by atoms with Crippen molar-refractivity contribution in [3.05, 3.63) is 65.2 Å². The molecule has 0 heterocycles. The van der Waals surface area contributed by atoms with Gasteiger partial charge in [-0.25, -0.2) is 10.2 Å². The van der Waals surface area contributed by atoms with Gasteiger partial charge >= 0.3 is 5.97 Å². The molecule has 0 aliphatic rings. The molecule has 0 aromatic heterocycles. The first kappa shape index (κ1) is 16.2. The van der Waals surface area contributed by atoms with Crippen molar-refractivity contribution in [1.29, 1.82) is 0 Å². The summed E-state index contributed by atoms with van der Waals surface area (Å²) in [6, 6.07) is 14.1. The summed E-state index contributed by atoms with van der Waals surface area (Å²) in [7, 11) is 0. The fourth-order valence-corrected chi connectivity index (χ4v) is 1.87. The highest BCUT2D eigenvalue weighted by atomic mass is 16.4. The number of aromatic carboxylic acids is 1. The van der Waals surface area contributed by atoms with Crippen LogP contribution < -0.4 is 10.7 Å². The van der Waals surface area contributed by atoms with Crippen molar-refractivity contribution in [2.24, 2.45) is 5.10 Å². The number of anilines is 1. The lowest BCUT2D eigenvalue weighted by Crippen LogP contribution is -2.25.